The molecule has 1 aromatic carbocycles. The highest BCUT2D eigenvalue weighted by Crippen LogP contribution is 2.18. The van der Waals surface area contributed by atoms with E-state index in [0.29, 0.717) is 18.8 Å². The van der Waals surface area contributed by atoms with E-state index in [0.717, 1.165) is 58.1 Å². The van der Waals surface area contributed by atoms with Crippen LogP contribution in [-0.4, -0.2) is 70.0 Å². The van der Waals surface area contributed by atoms with E-state index in [2.05, 4.69) is 60.4 Å². The smallest absolute Gasteiger partial charge is 0.194 e. The van der Waals surface area contributed by atoms with Gasteiger partial charge in [0.2, 0.25) is 0 Å². The number of piperidine rings is 1. The van der Waals surface area contributed by atoms with Gasteiger partial charge in [0.15, 0.2) is 5.96 Å². The first kappa shape index (κ1) is 21.9. The molecule has 2 fully saturated rings. The molecule has 0 bridgehead atoms. The molecular formula is C23H38N4O2. The number of rotatable bonds is 7. The summed E-state index contributed by atoms with van der Waals surface area (Å²) in [5.41, 5.74) is 2.45. The van der Waals surface area contributed by atoms with Crippen LogP contribution in [0.2, 0.25) is 0 Å². The second-order valence-corrected chi connectivity index (χ2v) is 8.24. The van der Waals surface area contributed by atoms with Crippen molar-refractivity contribution in [2.45, 2.75) is 57.8 Å². The van der Waals surface area contributed by atoms with E-state index < -0.39 is 0 Å². The second-order valence-electron chi connectivity index (χ2n) is 8.24. The van der Waals surface area contributed by atoms with Crippen molar-refractivity contribution in [1.29, 1.82) is 0 Å². The quantitative estimate of drug-likeness (QED) is 0.560. The zero-order valence-corrected chi connectivity index (χ0v) is 18.4. The zero-order valence-electron chi connectivity index (χ0n) is 18.4. The van der Waals surface area contributed by atoms with Crippen LogP contribution in [0.3, 0.4) is 0 Å². The topological polar surface area (TPSA) is 49.3 Å². The van der Waals surface area contributed by atoms with Crippen LogP contribution in [0.25, 0.3) is 0 Å². The lowest BCUT2D eigenvalue weighted by Crippen LogP contribution is -2.47. The van der Waals surface area contributed by atoms with Crippen molar-refractivity contribution in [2.24, 2.45) is 4.99 Å². The third-order valence-corrected chi connectivity index (χ3v) is 5.73. The van der Waals surface area contributed by atoms with Crippen molar-refractivity contribution in [1.82, 2.24) is 10.2 Å². The fourth-order valence-electron chi connectivity index (χ4n) is 3.91. The van der Waals surface area contributed by atoms with Gasteiger partial charge in [-0.1, -0.05) is 12.1 Å². The van der Waals surface area contributed by atoms with E-state index in [9.17, 15) is 0 Å². The molecule has 2 aliphatic heterocycles. The van der Waals surface area contributed by atoms with Crippen molar-refractivity contribution < 1.29 is 9.47 Å². The van der Waals surface area contributed by atoms with Gasteiger partial charge in [-0.25, -0.2) is 4.99 Å². The van der Waals surface area contributed by atoms with Crippen molar-refractivity contribution in [3.63, 3.8) is 0 Å². The Morgan fingerprint density at radius 2 is 1.93 bits per heavy atom. The van der Waals surface area contributed by atoms with Gasteiger partial charge >= 0.3 is 0 Å². The van der Waals surface area contributed by atoms with Gasteiger partial charge in [0.05, 0.1) is 25.4 Å². The third kappa shape index (κ3) is 6.89. The Morgan fingerprint density at radius 3 is 2.55 bits per heavy atom. The minimum Gasteiger partial charge on any atom is -0.378 e. The van der Waals surface area contributed by atoms with Crippen molar-refractivity contribution >= 4 is 11.6 Å². The summed E-state index contributed by atoms with van der Waals surface area (Å²) in [6.07, 6.45) is 6.36. The molecule has 1 atom stereocenters. The molecule has 0 amide bonds. The Hall–Kier alpha value is -1.79. The van der Waals surface area contributed by atoms with Gasteiger partial charge in [-0.2, -0.15) is 0 Å². The maximum atomic E-state index is 6.15. The SMILES string of the molecule is CCNC(=NCc1ccc(N(C)C)cc1)N1CCC(OCC2CCCCO2)CC1. The summed E-state index contributed by atoms with van der Waals surface area (Å²) in [7, 11) is 4.12. The predicted octanol–water partition coefficient (Wildman–Crippen LogP) is 3.27. The number of anilines is 1. The summed E-state index contributed by atoms with van der Waals surface area (Å²) in [5, 5.41) is 3.46. The first-order valence-electron chi connectivity index (χ1n) is 11.2. The lowest BCUT2D eigenvalue weighted by Gasteiger charge is -2.35. The molecule has 2 aliphatic rings. The maximum Gasteiger partial charge on any atom is 0.194 e. The molecule has 0 radical (unpaired) electrons. The number of ether oxygens (including phenoxy) is 2. The lowest BCUT2D eigenvalue weighted by atomic mass is 10.1. The molecule has 0 aromatic heterocycles. The highest BCUT2D eigenvalue weighted by molar-refractivity contribution is 5.80. The average Bonchev–Trinajstić information content (AvgIpc) is 2.76. The number of hydrogen-bond donors (Lipinski definition) is 1. The summed E-state index contributed by atoms with van der Waals surface area (Å²) in [6, 6.07) is 8.62. The van der Waals surface area contributed by atoms with Crippen LogP contribution in [0.1, 0.15) is 44.6 Å². The number of nitrogens with one attached hydrogen (secondary N) is 1. The van der Waals surface area contributed by atoms with E-state index in [1.807, 2.05) is 0 Å². The molecule has 0 spiro atoms. The Bertz CT molecular complexity index is 618. The fourth-order valence-corrected chi connectivity index (χ4v) is 3.91. The monoisotopic (exact) mass is 402 g/mol. The Balaban J connectivity index is 1.47. The van der Waals surface area contributed by atoms with Crippen LogP contribution in [0.4, 0.5) is 5.69 Å². The molecule has 0 aliphatic carbocycles. The van der Waals surface area contributed by atoms with Gasteiger partial charge in [0.1, 0.15) is 0 Å². The van der Waals surface area contributed by atoms with Crippen LogP contribution < -0.4 is 10.2 Å². The minimum absolute atomic E-state index is 0.305. The predicted molar refractivity (Wildman–Crippen MR) is 120 cm³/mol. The summed E-state index contributed by atoms with van der Waals surface area (Å²) in [5.74, 6) is 1.01. The molecular weight excluding hydrogens is 364 g/mol. The van der Waals surface area contributed by atoms with Crippen LogP contribution >= 0.6 is 0 Å². The molecule has 2 heterocycles. The minimum atomic E-state index is 0.305. The highest BCUT2D eigenvalue weighted by Gasteiger charge is 2.23. The first-order chi connectivity index (χ1) is 14.2. The fraction of sp³-hybridized carbons (Fsp3) is 0.696. The Labute approximate surface area is 176 Å². The standard InChI is InChI=1S/C23H38N4O2/c1-4-24-23(25-17-19-8-10-20(11-9-19)26(2)3)27-14-12-21(13-15-27)29-18-22-7-5-6-16-28-22/h8-11,21-22H,4-7,12-18H2,1-3H3,(H,24,25). The number of hydrogen-bond acceptors (Lipinski definition) is 4. The van der Waals surface area contributed by atoms with Gasteiger partial charge in [-0.05, 0) is 56.7 Å². The molecule has 6 heteroatoms. The summed E-state index contributed by atoms with van der Waals surface area (Å²) >= 11 is 0. The van der Waals surface area contributed by atoms with Crippen LogP contribution in [-0.2, 0) is 16.0 Å². The molecule has 0 saturated carbocycles. The van der Waals surface area contributed by atoms with Crippen LogP contribution in [0.15, 0.2) is 29.3 Å². The molecule has 1 N–H and O–H groups in total. The summed E-state index contributed by atoms with van der Waals surface area (Å²) < 4.78 is 11.9. The van der Waals surface area contributed by atoms with E-state index in [-0.39, 0.29) is 0 Å². The molecule has 2 saturated heterocycles. The van der Waals surface area contributed by atoms with Crippen molar-refractivity contribution in [3.8, 4) is 0 Å². The maximum absolute atomic E-state index is 6.15. The summed E-state index contributed by atoms with van der Waals surface area (Å²) in [4.78, 5) is 9.37. The highest BCUT2D eigenvalue weighted by atomic mass is 16.5. The van der Waals surface area contributed by atoms with Gasteiger partial charge in [0.25, 0.3) is 0 Å². The number of likely N-dealkylation sites (tertiary alicyclic amines) is 1. The van der Waals surface area contributed by atoms with Gasteiger partial charge in [0, 0.05) is 46.0 Å². The molecule has 29 heavy (non-hydrogen) atoms. The third-order valence-electron chi connectivity index (χ3n) is 5.73. The molecule has 1 unspecified atom stereocenters. The molecule has 6 nitrogen and oxygen atoms in total. The summed E-state index contributed by atoms with van der Waals surface area (Å²) in [6.45, 7) is 7.33. The van der Waals surface area contributed by atoms with E-state index in [1.165, 1.54) is 24.1 Å². The van der Waals surface area contributed by atoms with Crippen LogP contribution in [0, 0.1) is 0 Å². The second kappa shape index (κ2) is 11.4. The Kier molecular flexibility index (Phi) is 8.62. The number of guanidine groups is 1. The van der Waals surface area contributed by atoms with E-state index in [1.54, 1.807) is 0 Å². The average molecular weight is 403 g/mol. The largest absolute Gasteiger partial charge is 0.378 e. The van der Waals surface area contributed by atoms with E-state index in [4.69, 9.17) is 14.5 Å². The van der Waals surface area contributed by atoms with Crippen molar-refractivity contribution in [3.05, 3.63) is 29.8 Å². The lowest BCUT2D eigenvalue weighted by molar-refractivity contribution is -0.0721. The first-order valence-corrected chi connectivity index (χ1v) is 11.2. The zero-order chi connectivity index (χ0) is 20.5. The normalized spacial score (nSPS) is 21.3. The Morgan fingerprint density at radius 1 is 1.17 bits per heavy atom. The van der Waals surface area contributed by atoms with E-state index >= 15 is 0 Å². The molecule has 162 valence electrons. The van der Waals surface area contributed by atoms with Gasteiger partial charge in [-0.3, -0.25) is 0 Å². The number of benzene rings is 1. The van der Waals surface area contributed by atoms with Crippen LogP contribution in [0.5, 0.6) is 0 Å². The van der Waals surface area contributed by atoms with Gasteiger partial charge in [-0.15, -0.1) is 0 Å². The molecule has 3 rings (SSSR count). The number of aliphatic imine (C=N–C) groups is 1. The number of nitrogens with zero attached hydrogens (tertiary/aromatic N) is 3. The van der Waals surface area contributed by atoms with Crippen molar-refractivity contribution in [2.75, 3.05) is 51.8 Å². The van der Waals surface area contributed by atoms with Gasteiger partial charge < -0.3 is 24.6 Å². The molecule has 1 aromatic rings.